The maximum atomic E-state index is 9.41. The fourth-order valence-electron chi connectivity index (χ4n) is 2.05. The Morgan fingerprint density at radius 1 is 1.17 bits per heavy atom. The first-order valence-electron chi connectivity index (χ1n) is 6.05. The van der Waals surface area contributed by atoms with Crippen LogP contribution in [0.5, 0.6) is 11.5 Å². The van der Waals surface area contributed by atoms with Crippen LogP contribution < -0.4 is 9.47 Å². The highest BCUT2D eigenvalue weighted by molar-refractivity contribution is 5.39. The molecule has 1 aliphatic rings. The Bertz CT molecular complexity index is 375. The summed E-state index contributed by atoms with van der Waals surface area (Å²) >= 11 is 0. The van der Waals surface area contributed by atoms with E-state index in [1.807, 2.05) is 29.2 Å². The van der Waals surface area contributed by atoms with Crippen LogP contribution in [0, 0.1) is 0 Å². The molecule has 2 atom stereocenters. The van der Waals surface area contributed by atoms with Crippen molar-refractivity contribution in [3.63, 3.8) is 0 Å². The summed E-state index contributed by atoms with van der Waals surface area (Å²) in [6.45, 7) is 2.17. The third kappa shape index (κ3) is 3.13. The zero-order valence-electron chi connectivity index (χ0n) is 10.5. The molecule has 1 heterocycles. The van der Waals surface area contributed by atoms with Gasteiger partial charge in [-0.1, -0.05) is 12.1 Å². The SMILES string of the molecule is COc1ccccc1OCCN1CC(O)C(O)C1. The largest absolute Gasteiger partial charge is 0.493 e. The van der Waals surface area contributed by atoms with Gasteiger partial charge in [-0.25, -0.2) is 0 Å². The molecule has 5 nitrogen and oxygen atoms in total. The van der Waals surface area contributed by atoms with Gasteiger partial charge in [0, 0.05) is 19.6 Å². The normalized spacial score (nSPS) is 24.2. The predicted molar refractivity (Wildman–Crippen MR) is 66.9 cm³/mol. The first kappa shape index (κ1) is 13.1. The standard InChI is InChI=1S/C13H19NO4/c1-17-12-4-2-3-5-13(12)18-7-6-14-8-10(15)11(16)9-14/h2-5,10-11,15-16H,6-9H2,1H3. The monoisotopic (exact) mass is 253 g/mol. The van der Waals surface area contributed by atoms with Crippen molar-refractivity contribution in [3.05, 3.63) is 24.3 Å². The number of hydrogen-bond donors (Lipinski definition) is 2. The van der Waals surface area contributed by atoms with Crippen LogP contribution in [0.25, 0.3) is 0 Å². The minimum atomic E-state index is -0.642. The van der Waals surface area contributed by atoms with Gasteiger partial charge in [0.2, 0.25) is 0 Å². The van der Waals surface area contributed by atoms with E-state index in [1.54, 1.807) is 7.11 Å². The number of hydrogen-bond acceptors (Lipinski definition) is 5. The van der Waals surface area contributed by atoms with E-state index in [1.165, 1.54) is 0 Å². The summed E-state index contributed by atoms with van der Waals surface area (Å²) in [7, 11) is 1.61. The first-order valence-corrected chi connectivity index (χ1v) is 6.05. The van der Waals surface area contributed by atoms with Crippen LogP contribution in [0.3, 0.4) is 0 Å². The number of β-amino-alcohol motifs (C(OH)–C–C–N with tert-alkyl or cyclic N) is 2. The molecule has 1 saturated heterocycles. The van der Waals surface area contributed by atoms with E-state index >= 15 is 0 Å². The quantitative estimate of drug-likeness (QED) is 0.780. The van der Waals surface area contributed by atoms with Gasteiger partial charge in [0.05, 0.1) is 19.3 Å². The molecule has 1 aromatic rings. The molecule has 2 N–H and O–H groups in total. The van der Waals surface area contributed by atoms with Crippen molar-refractivity contribution in [1.82, 2.24) is 4.90 Å². The molecule has 0 saturated carbocycles. The second-order valence-electron chi connectivity index (χ2n) is 4.39. The van der Waals surface area contributed by atoms with Gasteiger partial charge in [0.25, 0.3) is 0 Å². The minimum Gasteiger partial charge on any atom is -0.493 e. The summed E-state index contributed by atoms with van der Waals surface area (Å²) < 4.78 is 10.8. The Morgan fingerprint density at radius 2 is 1.78 bits per heavy atom. The fourth-order valence-corrected chi connectivity index (χ4v) is 2.05. The number of nitrogens with zero attached hydrogens (tertiary/aromatic N) is 1. The van der Waals surface area contributed by atoms with E-state index in [9.17, 15) is 10.2 Å². The van der Waals surface area contributed by atoms with E-state index in [0.29, 0.717) is 37.7 Å². The summed E-state index contributed by atoms with van der Waals surface area (Å²) in [6.07, 6.45) is -1.28. The summed E-state index contributed by atoms with van der Waals surface area (Å²) in [6, 6.07) is 7.48. The number of aliphatic hydroxyl groups is 2. The van der Waals surface area contributed by atoms with Gasteiger partial charge in [0.1, 0.15) is 6.61 Å². The van der Waals surface area contributed by atoms with E-state index in [-0.39, 0.29) is 0 Å². The van der Waals surface area contributed by atoms with Crippen LogP contribution in [-0.4, -0.2) is 60.7 Å². The van der Waals surface area contributed by atoms with Crippen LogP contribution in [-0.2, 0) is 0 Å². The van der Waals surface area contributed by atoms with Gasteiger partial charge in [-0.3, -0.25) is 4.90 Å². The smallest absolute Gasteiger partial charge is 0.161 e. The van der Waals surface area contributed by atoms with Crippen molar-refractivity contribution >= 4 is 0 Å². The van der Waals surface area contributed by atoms with Gasteiger partial charge < -0.3 is 19.7 Å². The Labute approximate surface area is 107 Å². The zero-order chi connectivity index (χ0) is 13.0. The molecule has 1 aromatic carbocycles. The van der Waals surface area contributed by atoms with E-state index in [0.717, 1.165) is 0 Å². The number of ether oxygens (including phenoxy) is 2. The molecular weight excluding hydrogens is 234 g/mol. The lowest BCUT2D eigenvalue weighted by Gasteiger charge is -2.16. The molecule has 2 unspecified atom stereocenters. The Morgan fingerprint density at radius 3 is 2.39 bits per heavy atom. The lowest BCUT2D eigenvalue weighted by Crippen LogP contribution is -2.27. The topological polar surface area (TPSA) is 62.2 Å². The van der Waals surface area contributed by atoms with E-state index < -0.39 is 12.2 Å². The molecule has 0 radical (unpaired) electrons. The average Bonchev–Trinajstić information content (AvgIpc) is 2.69. The maximum absolute atomic E-state index is 9.41. The number of benzene rings is 1. The van der Waals surface area contributed by atoms with Crippen molar-refractivity contribution in [3.8, 4) is 11.5 Å². The zero-order valence-corrected chi connectivity index (χ0v) is 10.5. The summed E-state index contributed by atoms with van der Waals surface area (Å²) in [5, 5.41) is 18.8. The van der Waals surface area contributed by atoms with Crippen LogP contribution in [0.1, 0.15) is 0 Å². The maximum Gasteiger partial charge on any atom is 0.161 e. The number of para-hydroxylation sites is 2. The molecule has 1 fully saturated rings. The number of rotatable bonds is 5. The van der Waals surface area contributed by atoms with Crippen molar-refractivity contribution in [2.75, 3.05) is 33.4 Å². The molecule has 18 heavy (non-hydrogen) atoms. The van der Waals surface area contributed by atoms with Crippen LogP contribution in [0.15, 0.2) is 24.3 Å². The predicted octanol–water partition coefficient (Wildman–Crippen LogP) is 0.111. The van der Waals surface area contributed by atoms with E-state index in [2.05, 4.69) is 0 Å². The van der Waals surface area contributed by atoms with Crippen molar-refractivity contribution in [2.24, 2.45) is 0 Å². The molecule has 5 heteroatoms. The van der Waals surface area contributed by atoms with Crippen LogP contribution in [0.4, 0.5) is 0 Å². The lowest BCUT2D eigenvalue weighted by atomic mass is 10.3. The van der Waals surface area contributed by atoms with Crippen molar-refractivity contribution in [1.29, 1.82) is 0 Å². The first-order chi connectivity index (χ1) is 8.70. The number of methoxy groups -OCH3 is 1. The molecule has 1 aliphatic heterocycles. The van der Waals surface area contributed by atoms with Gasteiger partial charge in [-0.2, -0.15) is 0 Å². The number of likely N-dealkylation sites (tertiary alicyclic amines) is 1. The third-order valence-electron chi connectivity index (χ3n) is 3.07. The highest BCUT2D eigenvalue weighted by Gasteiger charge is 2.28. The lowest BCUT2D eigenvalue weighted by molar-refractivity contribution is 0.0572. The average molecular weight is 253 g/mol. The number of aliphatic hydroxyl groups excluding tert-OH is 2. The molecule has 0 bridgehead atoms. The second-order valence-corrected chi connectivity index (χ2v) is 4.39. The van der Waals surface area contributed by atoms with Crippen molar-refractivity contribution < 1.29 is 19.7 Å². The highest BCUT2D eigenvalue weighted by Crippen LogP contribution is 2.25. The summed E-state index contributed by atoms with van der Waals surface area (Å²) in [4.78, 5) is 1.98. The molecular formula is C13H19NO4. The van der Waals surface area contributed by atoms with Gasteiger partial charge in [-0.05, 0) is 12.1 Å². The van der Waals surface area contributed by atoms with Gasteiger partial charge >= 0.3 is 0 Å². The van der Waals surface area contributed by atoms with Gasteiger partial charge in [-0.15, -0.1) is 0 Å². The molecule has 2 rings (SSSR count). The van der Waals surface area contributed by atoms with E-state index in [4.69, 9.17) is 9.47 Å². The summed E-state index contributed by atoms with van der Waals surface area (Å²) in [5.74, 6) is 1.42. The Hall–Kier alpha value is -1.30. The summed E-state index contributed by atoms with van der Waals surface area (Å²) in [5.41, 5.74) is 0. The Balaban J connectivity index is 1.79. The molecule has 100 valence electrons. The van der Waals surface area contributed by atoms with Crippen molar-refractivity contribution in [2.45, 2.75) is 12.2 Å². The Kier molecular flexibility index (Phi) is 4.41. The highest BCUT2D eigenvalue weighted by atomic mass is 16.5. The molecule has 0 spiro atoms. The second kappa shape index (κ2) is 6.04. The molecule has 0 aromatic heterocycles. The fraction of sp³-hybridized carbons (Fsp3) is 0.538. The minimum absolute atomic E-state index is 0.496. The third-order valence-corrected chi connectivity index (χ3v) is 3.07. The van der Waals surface area contributed by atoms with Gasteiger partial charge in [0.15, 0.2) is 11.5 Å². The molecule has 0 aliphatic carbocycles. The van der Waals surface area contributed by atoms with Crippen LogP contribution in [0.2, 0.25) is 0 Å². The van der Waals surface area contributed by atoms with Crippen LogP contribution >= 0.6 is 0 Å². The molecule has 0 amide bonds.